The van der Waals surface area contributed by atoms with Gasteiger partial charge in [-0.05, 0) is 44.9 Å². The zero-order valence-electron chi connectivity index (χ0n) is 29.6. The largest absolute Gasteiger partial charge is 0.481 e. The minimum Gasteiger partial charge on any atom is -0.481 e. The van der Waals surface area contributed by atoms with Crippen LogP contribution in [0.25, 0.3) is 0 Å². The molecule has 3 rings (SSSR count). The Kier molecular flexibility index (Phi) is 15.3. The summed E-state index contributed by atoms with van der Waals surface area (Å²) in [7, 11) is 2.02. The van der Waals surface area contributed by atoms with Crippen LogP contribution in [0.4, 0.5) is 4.79 Å². The van der Waals surface area contributed by atoms with Gasteiger partial charge in [0.2, 0.25) is 12.6 Å². The number of fused-ring (bicyclic) bond motifs is 2. The molecule has 21 heteroatoms. The number of carboxylic acids is 5. The topological polar surface area (TPSA) is 300 Å². The lowest BCUT2D eigenvalue weighted by Crippen LogP contribution is -2.61. The van der Waals surface area contributed by atoms with Gasteiger partial charge in [0.1, 0.15) is 36.9 Å². The van der Waals surface area contributed by atoms with E-state index in [1.54, 1.807) is 21.5 Å². The molecule has 3 heterocycles. The van der Waals surface area contributed by atoms with E-state index in [1.165, 1.54) is 0 Å². The fourth-order valence-electron chi connectivity index (χ4n) is 6.20. The first-order valence-corrected chi connectivity index (χ1v) is 17.2. The maximum absolute atomic E-state index is 12.7. The molecule has 0 aliphatic carbocycles. The molecule has 53 heavy (non-hydrogen) atoms. The zero-order chi connectivity index (χ0) is 39.3. The second-order valence-electron chi connectivity index (χ2n) is 13.4. The molecule has 2 unspecified atom stereocenters. The number of hydrogen-bond acceptors (Lipinski definition) is 8. The number of nitrogens with one attached hydrogen (secondary N) is 3. The van der Waals surface area contributed by atoms with Gasteiger partial charge in [-0.3, -0.25) is 9.59 Å². The van der Waals surface area contributed by atoms with Crippen LogP contribution in [0.15, 0.2) is 24.8 Å². The molecule has 3 atom stereocenters. The number of aromatic nitrogens is 4. The Morgan fingerprint density at radius 1 is 0.755 bits per heavy atom. The number of carboxylic acid groups (broad SMARTS) is 5. The van der Waals surface area contributed by atoms with E-state index in [4.69, 9.17) is 10.8 Å². The van der Waals surface area contributed by atoms with Crippen LogP contribution >= 0.6 is 0 Å². The normalized spacial score (nSPS) is 15.0. The molecule has 292 valence electrons. The molecule has 1 aliphatic heterocycles. The van der Waals surface area contributed by atoms with E-state index in [0.717, 1.165) is 11.6 Å². The molecule has 3 amide bonds. The fraction of sp³-hybridized carbons (Fsp3) is 0.594. The third-order valence-electron chi connectivity index (χ3n) is 9.01. The average Bonchev–Trinajstić information content (AvgIpc) is 3.59. The third-order valence-corrected chi connectivity index (χ3v) is 9.01. The predicted molar refractivity (Wildman–Crippen MR) is 178 cm³/mol. The molecule has 0 radical (unpaired) electrons. The van der Waals surface area contributed by atoms with Crippen LogP contribution in [0.1, 0.15) is 63.0 Å². The molecular weight excluding hydrogens is 702 g/mol. The van der Waals surface area contributed by atoms with E-state index in [0.29, 0.717) is 56.5 Å². The highest BCUT2D eigenvalue weighted by molar-refractivity contribution is 5.86. The lowest BCUT2D eigenvalue weighted by Gasteiger charge is -2.33. The van der Waals surface area contributed by atoms with Crippen molar-refractivity contribution in [2.45, 2.75) is 102 Å². The number of aliphatic carboxylic acids is 5. The number of amides is 3. The van der Waals surface area contributed by atoms with Gasteiger partial charge in [0.15, 0.2) is 26.2 Å². The van der Waals surface area contributed by atoms with Crippen LogP contribution in [0, 0.1) is 0 Å². The summed E-state index contributed by atoms with van der Waals surface area (Å²) in [4.78, 5) is 81.6. The lowest BCUT2D eigenvalue weighted by atomic mass is 10.1. The minimum atomic E-state index is -1.51. The van der Waals surface area contributed by atoms with Crippen LogP contribution in [0.2, 0.25) is 0 Å². The van der Waals surface area contributed by atoms with Gasteiger partial charge in [0.05, 0.1) is 19.6 Å². The highest BCUT2D eigenvalue weighted by atomic mass is 16.4. The highest BCUT2D eigenvalue weighted by Crippen LogP contribution is 2.19. The third kappa shape index (κ3) is 13.2. The summed E-state index contributed by atoms with van der Waals surface area (Å²) in [6.45, 7) is 1.76. The molecule has 10 N–H and O–H groups in total. The van der Waals surface area contributed by atoms with Crippen molar-refractivity contribution in [2.24, 2.45) is 5.73 Å². The summed E-state index contributed by atoms with van der Waals surface area (Å²) in [6.07, 6.45) is 8.45. The number of imidazole rings is 2. The number of urea groups is 1. The summed E-state index contributed by atoms with van der Waals surface area (Å²) in [5.74, 6) is -4.77. The maximum atomic E-state index is 12.7. The molecule has 0 bridgehead atoms. The van der Waals surface area contributed by atoms with Crippen LogP contribution in [-0.4, -0.2) is 119 Å². The Labute approximate surface area is 304 Å². The molecule has 21 nitrogen and oxygen atoms in total. The standard InChI is InChI=1S/C32H47N9O12/c1-41(18-24-37(16-27(44)45)11-13-39(24)20-40-14-12-38(17-28(46)47)25(40)19-41)15-5-3-6-21(33)29(48)34-10-4-2-7-22(30(49)50)35-32(53)36-23(31(51)52)8-9-26(42)43/h11-14,21-23H,2-10,15-20,33H2,1H3,(H5-3,34,35,36,42,43,44,45,46,47,48,49,50,51,52,53)/p+3/t21-,22?,23?/m0/s1. The summed E-state index contributed by atoms with van der Waals surface area (Å²) >= 11 is 0. The molecule has 0 saturated heterocycles. The van der Waals surface area contributed by atoms with Gasteiger partial charge in [0, 0.05) is 13.0 Å². The number of carbonyl (C=O) groups excluding carboxylic acids is 2. The number of unbranched alkanes of at least 4 members (excludes halogenated alkanes) is 2. The monoisotopic (exact) mass is 752 g/mol. The van der Waals surface area contributed by atoms with E-state index < -0.39 is 60.4 Å². The number of nitrogens with zero attached hydrogens (tertiary/aromatic N) is 5. The first kappa shape index (κ1) is 41.8. The number of quaternary nitrogens is 1. The van der Waals surface area contributed by atoms with Crippen LogP contribution in [0.5, 0.6) is 0 Å². The van der Waals surface area contributed by atoms with Gasteiger partial charge in [-0.2, -0.15) is 9.13 Å². The Hall–Kier alpha value is -5.57. The fourth-order valence-corrected chi connectivity index (χ4v) is 6.20. The Bertz CT molecular complexity index is 1590. The predicted octanol–water partition coefficient (Wildman–Crippen LogP) is -2.15. The van der Waals surface area contributed by atoms with E-state index >= 15 is 0 Å². The molecule has 2 aromatic heterocycles. The van der Waals surface area contributed by atoms with Gasteiger partial charge in [0.25, 0.3) is 0 Å². The molecular formula is C32H50N9O12+3. The zero-order valence-corrected chi connectivity index (χ0v) is 29.6. The number of hydrogen-bond donors (Lipinski definition) is 9. The van der Waals surface area contributed by atoms with Gasteiger partial charge >= 0.3 is 47.5 Å². The Morgan fingerprint density at radius 2 is 1.26 bits per heavy atom. The van der Waals surface area contributed by atoms with E-state index in [9.17, 15) is 54.0 Å². The summed E-state index contributed by atoms with van der Waals surface area (Å²) in [5.41, 5.74) is 6.15. The minimum absolute atomic E-state index is 0.0172. The van der Waals surface area contributed by atoms with Crippen molar-refractivity contribution in [3.05, 3.63) is 36.4 Å². The van der Waals surface area contributed by atoms with Crippen molar-refractivity contribution >= 4 is 41.8 Å². The summed E-state index contributed by atoms with van der Waals surface area (Å²) in [6, 6.07) is -4.74. The van der Waals surface area contributed by atoms with E-state index in [2.05, 4.69) is 16.0 Å². The van der Waals surface area contributed by atoms with Crippen molar-refractivity contribution in [3.63, 3.8) is 0 Å². The molecule has 0 saturated carbocycles. The molecule has 0 spiro atoms. The number of rotatable bonds is 22. The van der Waals surface area contributed by atoms with E-state index in [-0.39, 0.29) is 44.8 Å². The first-order valence-electron chi connectivity index (χ1n) is 17.2. The Balaban J connectivity index is 1.47. The van der Waals surface area contributed by atoms with Gasteiger partial charge in [-0.1, -0.05) is 0 Å². The quantitative estimate of drug-likeness (QED) is 0.0353. The maximum Gasteiger partial charge on any atom is 0.346 e. The lowest BCUT2D eigenvalue weighted by molar-refractivity contribution is -0.989. The van der Waals surface area contributed by atoms with Gasteiger partial charge < -0.3 is 51.7 Å². The van der Waals surface area contributed by atoms with Crippen LogP contribution in [0.3, 0.4) is 0 Å². The van der Waals surface area contributed by atoms with Gasteiger partial charge in [-0.15, -0.1) is 0 Å². The molecule has 0 fully saturated rings. The van der Waals surface area contributed by atoms with E-state index in [1.807, 2.05) is 28.6 Å². The highest BCUT2D eigenvalue weighted by Gasteiger charge is 2.39. The SMILES string of the molecule is C[N+]1(CCCC[C@H](N)C(=O)NCCCCC(NC(=O)NC(CCC(=O)O)C(=O)O)C(=O)O)Cc2n(CC(=O)O)cc[n+]2C[n+]2ccn(CC(=O)O)c2C1. The molecule has 1 aliphatic rings. The van der Waals surface area contributed by atoms with Crippen molar-refractivity contribution < 1.29 is 72.7 Å². The number of carbonyl (C=O) groups is 7. The van der Waals surface area contributed by atoms with Gasteiger partial charge in [-0.25, -0.2) is 33.1 Å². The van der Waals surface area contributed by atoms with Crippen LogP contribution < -0.4 is 30.8 Å². The van der Waals surface area contributed by atoms with Crippen molar-refractivity contribution in [2.75, 3.05) is 20.1 Å². The smallest absolute Gasteiger partial charge is 0.346 e. The number of nitrogens with two attached hydrogens (primary N) is 1. The first-order chi connectivity index (χ1) is 25.0. The molecule has 2 aromatic rings. The second-order valence-corrected chi connectivity index (χ2v) is 13.4. The average molecular weight is 753 g/mol. The second kappa shape index (κ2) is 19.3. The van der Waals surface area contributed by atoms with Crippen molar-refractivity contribution in [3.8, 4) is 0 Å². The van der Waals surface area contributed by atoms with Crippen molar-refractivity contribution in [1.82, 2.24) is 25.1 Å². The summed E-state index contributed by atoms with van der Waals surface area (Å²) in [5, 5.41) is 53.3. The molecule has 0 aromatic carbocycles. The van der Waals surface area contributed by atoms with Crippen molar-refractivity contribution in [1.29, 1.82) is 0 Å². The summed E-state index contributed by atoms with van der Waals surface area (Å²) < 4.78 is 7.72. The van der Waals surface area contributed by atoms with Crippen LogP contribution in [-0.2, 0) is 61.6 Å². The Morgan fingerprint density at radius 3 is 1.75 bits per heavy atom.